The first kappa shape index (κ1) is 21.0. The van der Waals surface area contributed by atoms with Gasteiger partial charge in [0.15, 0.2) is 5.13 Å². The summed E-state index contributed by atoms with van der Waals surface area (Å²) in [6, 6.07) is 17.9. The molecule has 32 heavy (non-hydrogen) atoms. The number of amides is 1. The third-order valence-electron chi connectivity index (χ3n) is 5.43. The van der Waals surface area contributed by atoms with Crippen LogP contribution in [0.5, 0.6) is 0 Å². The van der Waals surface area contributed by atoms with Gasteiger partial charge in [0.25, 0.3) is 5.91 Å². The second-order valence-electron chi connectivity index (χ2n) is 7.62. The zero-order valence-electron chi connectivity index (χ0n) is 17.1. The molecule has 7 nitrogen and oxygen atoms in total. The Hall–Kier alpha value is -2.85. The van der Waals surface area contributed by atoms with Crippen molar-refractivity contribution in [3.05, 3.63) is 66.2 Å². The SMILES string of the molecule is O=C(Nc1nc2ccc3ccccc3c2s1)c1cccc(S(=O)(=O)NC[C@H]2CCCO2)c1. The van der Waals surface area contributed by atoms with Crippen LogP contribution in [-0.4, -0.2) is 38.6 Å². The number of anilines is 1. The van der Waals surface area contributed by atoms with Crippen molar-refractivity contribution in [2.24, 2.45) is 0 Å². The zero-order chi connectivity index (χ0) is 22.1. The fourth-order valence-corrected chi connectivity index (χ4v) is 5.88. The van der Waals surface area contributed by atoms with Gasteiger partial charge in [-0.2, -0.15) is 0 Å². The van der Waals surface area contributed by atoms with Crippen molar-refractivity contribution in [1.82, 2.24) is 9.71 Å². The predicted octanol–water partition coefficient (Wildman–Crippen LogP) is 4.16. The summed E-state index contributed by atoms with van der Waals surface area (Å²) in [6.45, 7) is 0.877. The van der Waals surface area contributed by atoms with Crippen LogP contribution in [0.3, 0.4) is 0 Å². The summed E-state index contributed by atoms with van der Waals surface area (Å²) in [5.74, 6) is -0.412. The molecule has 4 aromatic rings. The van der Waals surface area contributed by atoms with E-state index < -0.39 is 15.9 Å². The third kappa shape index (κ3) is 4.24. The van der Waals surface area contributed by atoms with Crippen LogP contribution in [0.4, 0.5) is 5.13 Å². The first-order valence-corrected chi connectivity index (χ1v) is 12.6. The van der Waals surface area contributed by atoms with Gasteiger partial charge in [-0.3, -0.25) is 10.1 Å². The van der Waals surface area contributed by atoms with Gasteiger partial charge in [0.2, 0.25) is 10.0 Å². The lowest BCUT2D eigenvalue weighted by Crippen LogP contribution is -2.32. The van der Waals surface area contributed by atoms with Crippen LogP contribution in [-0.2, 0) is 14.8 Å². The van der Waals surface area contributed by atoms with Gasteiger partial charge in [-0.25, -0.2) is 18.1 Å². The van der Waals surface area contributed by atoms with Crippen LogP contribution < -0.4 is 10.0 Å². The van der Waals surface area contributed by atoms with E-state index in [1.807, 2.05) is 36.4 Å². The lowest BCUT2D eigenvalue weighted by atomic mass is 10.1. The average molecular weight is 468 g/mol. The smallest absolute Gasteiger partial charge is 0.257 e. The highest BCUT2D eigenvalue weighted by atomic mass is 32.2. The molecular formula is C23H21N3O4S2. The van der Waals surface area contributed by atoms with Crippen LogP contribution in [0.2, 0.25) is 0 Å². The van der Waals surface area contributed by atoms with Gasteiger partial charge in [0.05, 0.1) is 21.2 Å². The molecule has 9 heteroatoms. The van der Waals surface area contributed by atoms with E-state index in [4.69, 9.17) is 4.74 Å². The number of sulfonamides is 1. The number of hydrogen-bond donors (Lipinski definition) is 2. The Labute approximate surface area is 189 Å². The van der Waals surface area contributed by atoms with Crippen LogP contribution in [0.25, 0.3) is 21.0 Å². The second kappa shape index (κ2) is 8.59. The van der Waals surface area contributed by atoms with Crippen molar-refractivity contribution in [2.75, 3.05) is 18.5 Å². The first-order chi connectivity index (χ1) is 15.5. The maximum atomic E-state index is 12.8. The lowest BCUT2D eigenvalue weighted by molar-refractivity contribution is 0.102. The van der Waals surface area contributed by atoms with E-state index in [1.54, 1.807) is 12.1 Å². The monoisotopic (exact) mass is 467 g/mol. The molecule has 3 aromatic carbocycles. The van der Waals surface area contributed by atoms with Crippen molar-refractivity contribution in [1.29, 1.82) is 0 Å². The quantitative estimate of drug-likeness (QED) is 0.444. The summed E-state index contributed by atoms with van der Waals surface area (Å²) >= 11 is 1.39. The van der Waals surface area contributed by atoms with Gasteiger partial charge < -0.3 is 4.74 Å². The Morgan fingerprint density at radius 2 is 2.00 bits per heavy atom. The largest absolute Gasteiger partial charge is 0.377 e. The minimum atomic E-state index is -3.74. The third-order valence-corrected chi connectivity index (χ3v) is 7.87. The Morgan fingerprint density at radius 1 is 1.12 bits per heavy atom. The van der Waals surface area contributed by atoms with Crippen LogP contribution in [0.15, 0.2) is 65.6 Å². The van der Waals surface area contributed by atoms with Crippen LogP contribution >= 0.6 is 11.3 Å². The molecule has 1 aromatic heterocycles. The molecule has 0 aliphatic carbocycles. The number of thiazole rings is 1. The maximum Gasteiger partial charge on any atom is 0.257 e. The van der Waals surface area contributed by atoms with E-state index in [2.05, 4.69) is 15.0 Å². The van der Waals surface area contributed by atoms with E-state index >= 15 is 0 Å². The molecule has 2 N–H and O–H groups in total. The molecule has 1 atom stereocenters. The summed E-state index contributed by atoms with van der Waals surface area (Å²) in [7, 11) is -3.74. The molecule has 5 rings (SSSR count). The van der Waals surface area contributed by atoms with Gasteiger partial charge in [-0.05, 0) is 42.5 Å². The molecule has 0 spiro atoms. The van der Waals surface area contributed by atoms with Crippen molar-refractivity contribution < 1.29 is 17.9 Å². The van der Waals surface area contributed by atoms with Crippen LogP contribution in [0, 0.1) is 0 Å². The minimum absolute atomic E-state index is 0.0402. The Balaban J connectivity index is 1.35. The predicted molar refractivity (Wildman–Crippen MR) is 126 cm³/mol. The van der Waals surface area contributed by atoms with Crippen molar-refractivity contribution in [2.45, 2.75) is 23.8 Å². The molecule has 1 aliphatic rings. The van der Waals surface area contributed by atoms with Gasteiger partial charge in [-0.15, -0.1) is 0 Å². The van der Waals surface area contributed by atoms with E-state index in [1.165, 1.54) is 23.5 Å². The number of nitrogens with one attached hydrogen (secondary N) is 2. The fraction of sp³-hybridized carbons (Fsp3) is 0.217. The van der Waals surface area contributed by atoms with Crippen molar-refractivity contribution in [3.63, 3.8) is 0 Å². The second-order valence-corrected chi connectivity index (χ2v) is 10.4. The summed E-state index contributed by atoms with van der Waals surface area (Å²) in [5, 5.41) is 5.45. The highest BCUT2D eigenvalue weighted by molar-refractivity contribution is 7.89. The average Bonchev–Trinajstić information content (AvgIpc) is 3.47. The number of nitrogens with zero attached hydrogens (tertiary/aromatic N) is 1. The van der Waals surface area contributed by atoms with E-state index in [0.717, 1.165) is 33.8 Å². The number of fused-ring (bicyclic) bond motifs is 3. The molecule has 1 fully saturated rings. The van der Waals surface area contributed by atoms with Crippen molar-refractivity contribution >= 4 is 53.4 Å². The number of aromatic nitrogens is 1. The number of rotatable bonds is 6. The number of hydrogen-bond acceptors (Lipinski definition) is 6. The molecule has 0 radical (unpaired) electrons. The minimum Gasteiger partial charge on any atom is -0.377 e. The Kier molecular flexibility index (Phi) is 5.64. The summed E-state index contributed by atoms with van der Waals surface area (Å²) in [4.78, 5) is 17.4. The molecule has 1 amide bonds. The molecule has 0 bridgehead atoms. The van der Waals surface area contributed by atoms with Gasteiger partial charge >= 0.3 is 0 Å². The van der Waals surface area contributed by atoms with Gasteiger partial charge in [0.1, 0.15) is 0 Å². The summed E-state index contributed by atoms with van der Waals surface area (Å²) in [6.07, 6.45) is 1.66. The molecule has 1 saturated heterocycles. The number of ether oxygens (including phenoxy) is 1. The first-order valence-electron chi connectivity index (χ1n) is 10.3. The zero-order valence-corrected chi connectivity index (χ0v) is 18.7. The molecule has 0 saturated carbocycles. The maximum absolute atomic E-state index is 12.8. The number of carbonyl (C=O) groups is 1. The van der Waals surface area contributed by atoms with E-state index in [-0.39, 0.29) is 23.1 Å². The molecule has 0 unspecified atom stereocenters. The van der Waals surface area contributed by atoms with E-state index in [9.17, 15) is 13.2 Å². The summed E-state index contributed by atoms with van der Waals surface area (Å²) < 4.78 is 34.3. The topological polar surface area (TPSA) is 97.4 Å². The van der Waals surface area contributed by atoms with Crippen molar-refractivity contribution in [3.8, 4) is 0 Å². The standard InChI is InChI=1S/C23H21N3O4S2/c27-22(26-23-25-20-11-10-15-5-1-2-9-19(15)21(20)31-23)16-6-3-8-18(13-16)32(28,29)24-14-17-7-4-12-30-17/h1-3,5-6,8-11,13,17,24H,4,7,12,14H2,(H,25,26,27)/t17-/m1/s1. The number of benzene rings is 3. The van der Waals surface area contributed by atoms with Gasteiger partial charge in [0, 0.05) is 24.1 Å². The fourth-order valence-electron chi connectivity index (χ4n) is 3.77. The normalized spacial score (nSPS) is 16.6. The van der Waals surface area contributed by atoms with E-state index in [0.29, 0.717) is 11.7 Å². The van der Waals surface area contributed by atoms with Crippen LogP contribution in [0.1, 0.15) is 23.2 Å². The molecule has 1 aliphatic heterocycles. The molecule has 164 valence electrons. The Bertz CT molecular complexity index is 1410. The summed E-state index contributed by atoms with van der Waals surface area (Å²) in [5.41, 5.74) is 1.05. The molecule has 2 heterocycles. The molecular weight excluding hydrogens is 446 g/mol. The van der Waals surface area contributed by atoms with Gasteiger partial charge in [-0.1, -0.05) is 47.7 Å². The number of carbonyl (C=O) groups excluding carboxylic acids is 1. The highest BCUT2D eigenvalue weighted by Gasteiger charge is 2.21. The Morgan fingerprint density at radius 3 is 2.84 bits per heavy atom. The lowest BCUT2D eigenvalue weighted by Gasteiger charge is -2.12. The highest BCUT2D eigenvalue weighted by Crippen LogP contribution is 2.32.